The van der Waals surface area contributed by atoms with Gasteiger partial charge in [0.2, 0.25) is 0 Å². The molecule has 0 saturated carbocycles. The van der Waals surface area contributed by atoms with Crippen molar-refractivity contribution < 1.29 is 9.47 Å². The highest BCUT2D eigenvalue weighted by molar-refractivity contribution is 5.12. The smallest absolute Gasteiger partial charge is 0.0877 e. The summed E-state index contributed by atoms with van der Waals surface area (Å²) >= 11 is 0. The van der Waals surface area contributed by atoms with Crippen molar-refractivity contribution in [2.24, 2.45) is 0 Å². The van der Waals surface area contributed by atoms with Crippen LogP contribution in [-0.4, -0.2) is 44.0 Å². The van der Waals surface area contributed by atoms with E-state index in [1.54, 1.807) is 13.3 Å². The normalized spacial score (nSPS) is 20.6. The maximum absolute atomic E-state index is 5.84. The molecule has 2 rings (SSSR count). The van der Waals surface area contributed by atoms with Crippen LogP contribution in [0.3, 0.4) is 0 Å². The topological polar surface area (TPSA) is 43.4 Å². The average Bonchev–Trinajstić information content (AvgIpc) is 2.46. The summed E-state index contributed by atoms with van der Waals surface area (Å²) in [6.45, 7) is 1.55. The van der Waals surface area contributed by atoms with Crippen molar-refractivity contribution in [1.82, 2.24) is 10.3 Å². The molecule has 1 aromatic heterocycles. The summed E-state index contributed by atoms with van der Waals surface area (Å²) in [6.07, 6.45) is 6.54. The van der Waals surface area contributed by atoms with Gasteiger partial charge in [0.1, 0.15) is 0 Å². The van der Waals surface area contributed by atoms with Gasteiger partial charge < -0.3 is 14.8 Å². The summed E-state index contributed by atoms with van der Waals surface area (Å²) in [5, 5.41) is 3.40. The molecule has 4 heteroatoms. The lowest BCUT2D eigenvalue weighted by molar-refractivity contribution is -0.109. The summed E-state index contributed by atoms with van der Waals surface area (Å²) in [6, 6.07) is 4.38. The highest BCUT2D eigenvalue weighted by Gasteiger charge is 2.39. The Hall–Kier alpha value is -0.970. The van der Waals surface area contributed by atoms with Crippen LogP contribution in [0.5, 0.6) is 0 Å². The zero-order chi connectivity index (χ0) is 12.8. The molecule has 1 aromatic rings. The summed E-state index contributed by atoms with van der Waals surface area (Å²) in [4.78, 5) is 4.17. The first-order valence-corrected chi connectivity index (χ1v) is 6.50. The summed E-state index contributed by atoms with van der Waals surface area (Å²) in [5.41, 5.74) is 1.11. The first-order chi connectivity index (χ1) is 8.80. The SMILES string of the molecule is CNC(Cc1cccnc1)C1(OC)CCOCC1. The Morgan fingerprint density at radius 3 is 2.83 bits per heavy atom. The number of hydrogen-bond acceptors (Lipinski definition) is 4. The lowest BCUT2D eigenvalue weighted by Crippen LogP contribution is -2.55. The molecule has 4 nitrogen and oxygen atoms in total. The number of ether oxygens (including phenoxy) is 2. The van der Waals surface area contributed by atoms with Gasteiger partial charge in [-0.3, -0.25) is 4.98 Å². The summed E-state index contributed by atoms with van der Waals surface area (Å²) in [5.74, 6) is 0. The first-order valence-electron chi connectivity index (χ1n) is 6.50. The minimum Gasteiger partial charge on any atom is -0.381 e. The maximum atomic E-state index is 5.84. The van der Waals surface area contributed by atoms with Crippen LogP contribution in [-0.2, 0) is 15.9 Å². The largest absolute Gasteiger partial charge is 0.381 e. The number of aromatic nitrogens is 1. The predicted octanol–water partition coefficient (Wildman–Crippen LogP) is 1.41. The molecule has 1 aliphatic heterocycles. The van der Waals surface area contributed by atoms with E-state index in [2.05, 4.69) is 16.4 Å². The highest BCUT2D eigenvalue weighted by Crippen LogP contribution is 2.29. The number of nitrogens with zero attached hydrogens (tertiary/aromatic N) is 1. The maximum Gasteiger partial charge on any atom is 0.0877 e. The van der Waals surface area contributed by atoms with Crippen molar-refractivity contribution in [2.75, 3.05) is 27.4 Å². The quantitative estimate of drug-likeness (QED) is 0.858. The number of nitrogens with one attached hydrogen (secondary N) is 1. The van der Waals surface area contributed by atoms with Gasteiger partial charge in [0.15, 0.2) is 0 Å². The van der Waals surface area contributed by atoms with Gasteiger partial charge in [-0.1, -0.05) is 6.07 Å². The molecular weight excluding hydrogens is 228 g/mol. The molecule has 0 aliphatic carbocycles. The van der Waals surface area contributed by atoms with Crippen molar-refractivity contribution >= 4 is 0 Å². The van der Waals surface area contributed by atoms with E-state index in [0.717, 1.165) is 32.5 Å². The zero-order valence-electron chi connectivity index (χ0n) is 11.2. The highest BCUT2D eigenvalue weighted by atomic mass is 16.5. The molecular formula is C14H22N2O2. The Kier molecular flexibility index (Phi) is 4.69. The number of likely N-dealkylation sites (N-methyl/N-ethyl adjacent to an activating group) is 1. The Bertz CT molecular complexity index is 350. The molecule has 0 bridgehead atoms. The van der Waals surface area contributed by atoms with Crippen molar-refractivity contribution in [3.63, 3.8) is 0 Å². The Morgan fingerprint density at radius 1 is 1.50 bits per heavy atom. The summed E-state index contributed by atoms with van der Waals surface area (Å²) < 4.78 is 11.3. The molecule has 2 heterocycles. The predicted molar refractivity (Wildman–Crippen MR) is 70.6 cm³/mol. The second-order valence-corrected chi connectivity index (χ2v) is 4.79. The van der Waals surface area contributed by atoms with Gasteiger partial charge in [-0.15, -0.1) is 0 Å². The number of hydrogen-bond donors (Lipinski definition) is 1. The molecule has 0 radical (unpaired) electrons. The van der Waals surface area contributed by atoms with E-state index >= 15 is 0 Å². The van der Waals surface area contributed by atoms with Crippen molar-refractivity contribution in [3.05, 3.63) is 30.1 Å². The molecule has 100 valence electrons. The van der Waals surface area contributed by atoms with Gasteiger partial charge in [-0.2, -0.15) is 0 Å². The number of rotatable bonds is 5. The second-order valence-electron chi connectivity index (χ2n) is 4.79. The minimum atomic E-state index is -0.122. The van der Waals surface area contributed by atoms with Crippen LogP contribution < -0.4 is 5.32 Å². The van der Waals surface area contributed by atoms with E-state index < -0.39 is 0 Å². The van der Waals surface area contributed by atoms with Crippen LogP contribution in [0.2, 0.25) is 0 Å². The monoisotopic (exact) mass is 250 g/mol. The number of pyridine rings is 1. The van der Waals surface area contributed by atoms with Gasteiger partial charge in [0.25, 0.3) is 0 Å². The molecule has 18 heavy (non-hydrogen) atoms. The van der Waals surface area contributed by atoms with Gasteiger partial charge >= 0.3 is 0 Å². The van der Waals surface area contributed by atoms with Crippen LogP contribution in [0, 0.1) is 0 Å². The third-order valence-corrected chi connectivity index (χ3v) is 3.89. The Balaban J connectivity index is 2.11. The van der Waals surface area contributed by atoms with E-state index in [4.69, 9.17) is 9.47 Å². The fourth-order valence-electron chi connectivity index (χ4n) is 2.72. The van der Waals surface area contributed by atoms with E-state index in [-0.39, 0.29) is 11.6 Å². The van der Waals surface area contributed by atoms with Gasteiger partial charge in [0.05, 0.1) is 5.60 Å². The average molecular weight is 250 g/mol. The molecule has 1 fully saturated rings. The van der Waals surface area contributed by atoms with Crippen LogP contribution in [0.4, 0.5) is 0 Å². The third-order valence-electron chi connectivity index (χ3n) is 3.89. The van der Waals surface area contributed by atoms with Crippen molar-refractivity contribution in [3.8, 4) is 0 Å². The fraction of sp³-hybridized carbons (Fsp3) is 0.643. The molecule has 1 atom stereocenters. The lowest BCUT2D eigenvalue weighted by Gasteiger charge is -2.42. The number of methoxy groups -OCH3 is 1. The van der Waals surface area contributed by atoms with E-state index in [9.17, 15) is 0 Å². The molecule has 0 aromatic carbocycles. The third kappa shape index (κ3) is 2.88. The Morgan fingerprint density at radius 2 is 2.28 bits per heavy atom. The van der Waals surface area contributed by atoms with Gasteiger partial charge in [0, 0.05) is 51.6 Å². The van der Waals surface area contributed by atoms with Crippen LogP contribution in [0.1, 0.15) is 18.4 Å². The van der Waals surface area contributed by atoms with Crippen molar-refractivity contribution in [1.29, 1.82) is 0 Å². The van der Waals surface area contributed by atoms with Crippen LogP contribution in [0.15, 0.2) is 24.5 Å². The lowest BCUT2D eigenvalue weighted by atomic mass is 9.83. The molecule has 1 N–H and O–H groups in total. The van der Waals surface area contributed by atoms with E-state index in [1.807, 2.05) is 19.3 Å². The second kappa shape index (κ2) is 6.27. The molecule has 1 saturated heterocycles. The molecule has 0 amide bonds. The fourth-order valence-corrected chi connectivity index (χ4v) is 2.72. The van der Waals surface area contributed by atoms with E-state index in [1.165, 1.54) is 5.56 Å². The van der Waals surface area contributed by atoms with E-state index in [0.29, 0.717) is 0 Å². The molecule has 1 unspecified atom stereocenters. The first kappa shape index (κ1) is 13.5. The molecule has 0 spiro atoms. The summed E-state index contributed by atoms with van der Waals surface area (Å²) in [7, 11) is 3.80. The standard InChI is InChI=1S/C14H22N2O2/c1-15-13(10-12-4-3-7-16-11-12)14(17-2)5-8-18-9-6-14/h3-4,7,11,13,15H,5-6,8-10H2,1-2H3. The minimum absolute atomic E-state index is 0.122. The van der Waals surface area contributed by atoms with Crippen LogP contribution in [0.25, 0.3) is 0 Å². The Labute approximate surface area is 109 Å². The van der Waals surface area contributed by atoms with Crippen molar-refractivity contribution in [2.45, 2.75) is 30.9 Å². The van der Waals surface area contributed by atoms with Gasteiger partial charge in [-0.05, 0) is 25.1 Å². The molecule has 1 aliphatic rings. The van der Waals surface area contributed by atoms with Crippen LogP contribution >= 0.6 is 0 Å². The van der Waals surface area contributed by atoms with Gasteiger partial charge in [-0.25, -0.2) is 0 Å². The zero-order valence-corrected chi connectivity index (χ0v) is 11.2.